The van der Waals surface area contributed by atoms with E-state index in [4.69, 9.17) is 5.26 Å². The van der Waals surface area contributed by atoms with Crippen molar-refractivity contribution in [2.75, 3.05) is 0 Å². The predicted molar refractivity (Wildman–Crippen MR) is 23.5 cm³/mol. The molecule has 0 rings (SSSR count). The zero-order valence-electron chi connectivity index (χ0n) is 1.68. The van der Waals surface area contributed by atoms with Crippen molar-refractivity contribution in [3.63, 3.8) is 0 Å². The Morgan fingerprint density at radius 1 is 1.75 bits per heavy atom. The number of rotatable bonds is 0. The van der Waals surface area contributed by atoms with Crippen LogP contribution in [-0.2, 0) is 3.22 Å². The van der Waals surface area contributed by atoms with Crippen molar-refractivity contribution in [3.05, 3.63) is 0 Å². The molecule has 3 radical (unpaired) electrons. The second kappa shape index (κ2) is 8.82. The van der Waals surface area contributed by atoms with Gasteiger partial charge >= 0.3 is 0 Å². The van der Waals surface area contributed by atoms with Gasteiger partial charge in [-0.05, 0) is 0 Å². The molecule has 4 heteroatoms. The van der Waals surface area contributed by atoms with Gasteiger partial charge in [0.05, 0.1) is 0 Å². The normalized spacial score (nSPS) is 4.50. The van der Waals surface area contributed by atoms with Gasteiger partial charge in [0.25, 0.3) is 0 Å². The Morgan fingerprint density at radius 2 is 1.75 bits per heavy atom. The van der Waals surface area contributed by atoms with E-state index in [-0.39, 0.29) is 26.2 Å². The Kier molecular flexibility index (Phi) is 20.1. The van der Waals surface area contributed by atoms with Gasteiger partial charge in [-0.25, -0.2) is 5.26 Å². The minimum absolute atomic E-state index is 0. The molecule has 0 heterocycles. The molecule has 0 aliphatic rings. The van der Waals surface area contributed by atoms with E-state index in [0.29, 0.717) is 0 Å². The van der Waals surface area contributed by atoms with Crippen LogP contribution < -0.4 is 0 Å². The van der Waals surface area contributed by atoms with Crippen LogP contribution in [-0.4, -0.2) is 31.5 Å². The van der Waals surface area contributed by atoms with Crippen molar-refractivity contribution in [2.45, 2.75) is 0 Å². The molecule has 0 atom stereocenters. The minimum atomic E-state index is 0. The predicted octanol–water partition coefficient (Wildman–Crippen LogP) is 0.445. The maximum Gasteiger partial charge on any atom is 0.154 e. The van der Waals surface area contributed by atoms with Gasteiger partial charge in [0.1, 0.15) is 0 Å². The summed E-state index contributed by atoms with van der Waals surface area (Å²) in [5.41, 5.74) is 0. The van der Waals surface area contributed by atoms with E-state index in [0.717, 1.165) is 0 Å². The molecule has 0 saturated carbocycles. The third-order valence-corrected chi connectivity index (χ3v) is 0. The van der Waals surface area contributed by atoms with Crippen LogP contribution in [0.1, 0.15) is 0 Å². The molecular weight excluding hydrogens is 368 g/mol. The summed E-state index contributed by atoms with van der Waals surface area (Å²) in [4.78, 5) is 0. The summed E-state index contributed by atoms with van der Waals surface area (Å²) in [5, 5.41) is 7.06. The Labute approximate surface area is 57.3 Å². The first-order valence-electron chi connectivity index (χ1n) is 0.337. The molecule has 0 fully saturated rings. The molecule has 0 saturated heterocycles. The summed E-state index contributed by atoms with van der Waals surface area (Å²) in [7, 11) is 0. The molecular formula is HBiIO2. The van der Waals surface area contributed by atoms with E-state index in [9.17, 15) is 0 Å². The van der Waals surface area contributed by atoms with Crippen molar-refractivity contribution in [2.24, 2.45) is 0 Å². The second-order valence-corrected chi connectivity index (χ2v) is 0.463. The number of halogens is 1. The quantitative estimate of drug-likeness (QED) is 0.291. The third kappa shape index (κ3) is 9.65. The molecule has 0 aliphatic carbocycles. The molecule has 25 valence electrons. The van der Waals surface area contributed by atoms with Crippen molar-refractivity contribution in [1.82, 2.24) is 0 Å². The van der Waals surface area contributed by atoms with Gasteiger partial charge in [-0.1, -0.05) is 0 Å². The van der Waals surface area contributed by atoms with E-state index in [2.05, 4.69) is 3.22 Å². The van der Waals surface area contributed by atoms with Gasteiger partial charge < -0.3 is 0 Å². The van der Waals surface area contributed by atoms with Crippen LogP contribution in [0, 0.1) is 0 Å². The summed E-state index contributed by atoms with van der Waals surface area (Å²) in [6.07, 6.45) is 0. The molecule has 0 aromatic carbocycles. The molecule has 0 aromatic heterocycles. The molecule has 0 bridgehead atoms. The Morgan fingerprint density at radius 3 is 1.75 bits per heavy atom. The summed E-state index contributed by atoms with van der Waals surface area (Å²) in [6, 6.07) is 0. The Bertz CT molecular complexity index is 6.00. The van der Waals surface area contributed by atoms with Gasteiger partial charge in [-0.3, -0.25) is 0 Å². The monoisotopic (exact) mass is 369 g/mol. The smallest absolute Gasteiger partial charge is 0.154 e. The SMILES string of the molecule is OOI.[Bi]. The Balaban J connectivity index is 0. The molecule has 0 aromatic rings. The maximum atomic E-state index is 7.06. The second-order valence-electron chi connectivity index (χ2n) is 0.0690. The first kappa shape index (κ1) is 9.11. The first-order chi connectivity index (χ1) is 1.41. The molecule has 0 amide bonds. The minimum Gasteiger partial charge on any atom is -0.242 e. The van der Waals surface area contributed by atoms with Crippen LogP contribution in [0.3, 0.4) is 0 Å². The van der Waals surface area contributed by atoms with Crippen LogP contribution in [0.4, 0.5) is 0 Å². The van der Waals surface area contributed by atoms with Gasteiger partial charge in [0, 0.05) is 26.2 Å². The summed E-state index contributed by atoms with van der Waals surface area (Å²) in [6.45, 7) is 0. The van der Waals surface area contributed by atoms with Crippen LogP contribution in [0.2, 0.25) is 0 Å². The van der Waals surface area contributed by atoms with E-state index in [1.807, 2.05) is 0 Å². The largest absolute Gasteiger partial charge is 0.242 e. The van der Waals surface area contributed by atoms with E-state index < -0.39 is 0 Å². The van der Waals surface area contributed by atoms with Crippen molar-refractivity contribution < 1.29 is 8.47 Å². The first-order valence-corrected chi connectivity index (χ1v) is 1.22. The van der Waals surface area contributed by atoms with Gasteiger partial charge in [0.15, 0.2) is 23.0 Å². The van der Waals surface area contributed by atoms with Gasteiger partial charge in [-0.15, -0.1) is 0 Å². The van der Waals surface area contributed by atoms with Gasteiger partial charge in [0.2, 0.25) is 0 Å². The fourth-order valence-electron chi connectivity index (χ4n) is 0. The summed E-state index contributed by atoms with van der Waals surface area (Å²) >= 11 is 1.34. The van der Waals surface area contributed by atoms with Gasteiger partial charge in [-0.2, -0.15) is 3.22 Å². The van der Waals surface area contributed by atoms with Crippen molar-refractivity contribution in [3.8, 4) is 0 Å². The summed E-state index contributed by atoms with van der Waals surface area (Å²) in [5.74, 6) is 0. The zero-order valence-corrected chi connectivity index (χ0v) is 7.32. The van der Waals surface area contributed by atoms with Crippen molar-refractivity contribution in [1.29, 1.82) is 0 Å². The topological polar surface area (TPSA) is 29.5 Å². The number of hydrogen-bond acceptors (Lipinski definition) is 2. The van der Waals surface area contributed by atoms with E-state index >= 15 is 0 Å². The molecule has 0 aliphatic heterocycles. The fourth-order valence-corrected chi connectivity index (χ4v) is 0. The van der Waals surface area contributed by atoms with Crippen LogP contribution in [0.15, 0.2) is 0 Å². The standard InChI is InChI=1S/Bi.HIO2/c;1-3-2/h;2H. The van der Waals surface area contributed by atoms with Crippen LogP contribution >= 0.6 is 23.0 Å². The van der Waals surface area contributed by atoms with E-state index in [1.54, 1.807) is 0 Å². The van der Waals surface area contributed by atoms with Crippen molar-refractivity contribution >= 4 is 49.2 Å². The third-order valence-electron chi connectivity index (χ3n) is 0. The fraction of sp³-hybridized carbons (Fsp3) is 0. The maximum absolute atomic E-state index is 7.06. The molecule has 0 unspecified atom stereocenters. The molecule has 1 N–H and O–H groups in total. The average Bonchev–Trinajstić information content (AvgIpc) is 0.918. The molecule has 0 spiro atoms. The average molecular weight is 369 g/mol. The zero-order chi connectivity index (χ0) is 2.71. The molecule has 4 heavy (non-hydrogen) atoms. The summed E-state index contributed by atoms with van der Waals surface area (Å²) < 4.78 is 3.22. The van der Waals surface area contributed by atoms with Crippen LogP contribution in [0.25, 0.3) is 0 Å². The Hall–Kier alpha value is 1.53. The van der Waals surface area contributed by atoms with Crippen LogP contribution in [0.5, 0.6) is 0 Å². The van der Waals surface area contributed by atoms with E-state index in [1.165, 1.54) is 23.0 Å². The molecule has 2 nitrogen and oxygen atoms in total. The number of hydrogen-bond donors (Lipinski definition) is 1.